The lowest BCUT2D eigenvalue weighted by atomic mass is 10.0. The topological polar surface area (TPSA) is 132 Å². The molecule has 1 unspecified atom stereocenters. The zero-order valence-electron chi connectivity index (χ0n) is 29.1. The molecular weight excluding hydrogens is 706 g/mol. The first-order chi connectivity index (χ1) is 25.1. The van der Waals surface area contributed by atoms with Crippen LogP contribution in [0.25, 0.3) is 0 Å². The third-order valence-corrected chi connectivity index (χ3v) is 11.2. The van der Waals surface area contributed by atoms with Gasteiger partial charge in [0.05, 0.1) is 24.6 Å². The van der Waals surface area contributed by atoms with Gasteiger partial charge < -0.3 is 25.2 Å². The van der Waals surface area contributed by atoms with Crippen molar-refractivity contribution in [2.24, 2.45) is 0 Å². The minimum absolute atomic E-state index is 0.0120. The number of nitrogens with zero attached hydrogens (tertiary/aromatic N) is 5. The fourth-order valence-electron chi connectivity index (χ4n) is 6.95. The number of hydrogen-bond acceptors (Lipinski definition) is 10. The number of anilines is 5. The predicted octanol–water partition coefficient (Wildman–Crippen LogP) is 5.21. The number of aromatic nitrogens is 2. The van der Waals surface area contributed by atoms with Crippen LogP contribution in [0.5, 0.6) is 5.75 Å². The first-order valence-electron chi connectivity index (χ1n) is 17.0. The average Bonchev–Trinajstić information content (AvgIpc) is 3.46. The van der Waals surface area contributed by atoms with Crippen molar-refractivity contribution < 1.29 is 23.5 Å². The quantitative estimate of drug-likeness (QED) is 0.147. The smallest absolute Gasteiger partial charge is 0.258 e. The van der Waals surface area contributed by atoms with E-state index in [-0.39, 0.29) is 38.8 Å². The maximum absolute atomic E-state index is 15.3. The van der Waals surface area contributed by atoms with Gasteiger partial charge in [0.25, 0.3) is 5.91 Å². The van der Waals surface area contributed by atoms with Crippen molar-refractivity contribution in [2.75, 3.05) is 62.2 Å². The van der Waals surface area contributed by atoms with E-state index in [0.717, 1.165) is 43.1 Å². The van der Waals surface area contributed by atoms with Crippen LogP contribution in [0, 0.1) is 5.82 Å². The molecule has 3 aromatic carbocycles. The number of ether oxygens (including phenoxy) is 1. The number of para-hydroxylation sites is 1. The van der Waals surface area contributed by atoms with Crippen LogP contribution in [0.3, 0.4) is 0 Å². The molecule has 0 spiro atoms. The summed E-state index contributed by atoms with van der Waals surface area (Å²) >= 11 is 6.48. The molecule has 52 heavy (non-hydrogen) atoms. The van der Waals surface area contributed by atoms with E-state index in [2.05, 4.69) is 55.1 Å². The van der Waals surface area contributed by atoms with Crippen molar-refractivity contribution >= 4 is 71.4 Å². The number of carbonyl (C=O) groups is 3. The molecule has 15 heteroatoms. The lowest BCUT2D eigenvalue weighted by molar-refractivity contribution is -0.136. The van der Waals surface area contributed by atoms with Crippen LogP contribution >= 0.6 is 19.5 Å². The number of nitrogens with one attached hydrogen (secondary N) is 3. The van der Waals surface area contributed by atoms with E-state index in [9.17, 15) is 14.4 Å². The van der Waals surface area contributed by atoms with Crippen molar-refractivity contribution in [2.45, 2.75) is 32.0 Å². The number of hydrogen-bond donors (Lipinski definition) is 3. The molecule has 4 aromatic rings. The van der Waals surface area contributed by atoms with E-state index < -0.39 is 23.7 Å². The van der Waals surface area contributed by atoms with Crippen molar-refractivity contribution in [3.63, 3.8) is 0 Å². The Balaban J connectivity index is 0.976. The molecule has 12 nitrogen and oxygen atoms in total. The fourth-order valence-corrected chi connectivity index (χ4v) is 8.08. The molecule has 0 aliphatic carbocycles. The van der Waals surface area contributed by atoms with Crippen LogP contribution in [-0.4, -0.2) is 90.1 Å². The van der Waals surface area contributed by atoms with E-state index in [0.29, 0.717) is 40.3 Å². The van der Waals surface area contributed by atoms with Crippen molar-refractivity contribution in [1.82, 2.24) is 25.1 Å². The summed E-state index contributed by atoms with van der Waals surface area (Å²) in [6, 6.07) is 16.6. The van der Waals surface area contributed by atoms with Crippen molar-refractivity contribution in [1.29, 1.82) is 0 Å². The highest BCUT2D eigenvalue weighted by atomic mass is 35.5. The Bertz CT molecular complexity index is 2040. The van der Waals surface area contributed by atoms with Crippen LogP contribution in [0.1, 0.15) is 34.3 Å². The van der Waals surface area contributed by atoms with E-state index in [1.165, 1.54) is 16.3 Å². The van der Waals surface area contributed by atoms with Gasteiger partial charge in [-0.05, 0) is 60.4 Å². The van der Waals surface area contributed by atoms with Crippen LogP contribution < -0.4 is 30.9 Å². The summed E-state index contributed by atoms with van der Waals surface area (Å²) in [5, 5.41) is 10.6. The molecule has 1 aromatic heterocycles. The van der Waals surface area contributed by atoms with Crippen LogP contribution in [-0.2, 0) is 22.7 Å². The summed E-state index contributed by atoms with van der Waals surface area (Å²) in [5.41, 5.74) is 4.02. The lowest BCUT2D eigenvalue weighted by Crippen LogP contribution is -2.52. The molecule has 7 rings (SSSR count). The Morgan fingerprint density at radius 2 is 1.81 bits per heavy atom. The standard InChI is InChI=1S/C37H39ClFN8O4P/c1-51-30-18-24(8-9-27(30)42-37-40-19-25(38)34(44-37)41-28-6-4-5-7-31(28)52(2)3)46-14-12-45(13-15-46)20-22-16-23-21-47(36(50)33(23)26(39)17-22)29-10-11-32(48)43-35(29)49/h4-9,16-19,29H,10-15,20-21H2,1-3H3,(H,43,48,49)(H2,40,41,42,44). The molecule has 0 bridgehead atoms. The second-order valence-corrected chi connectivity index (χ2v) is 15.9. The zero-order valence-corrected chi connectivity index (χ0v) is 30.7. The Labute approximate surface area is 307 Å². The van der Waals surface area contributed by atoms with Gasteiger partial charge in [0.1, 0.15) is 22.6 Å². The molecule has 4 heterocycles. The second-order valence-electron chi connectivity index (χ2n) is 13.2. The molecule has 3 amide bonds. The average molecular weight is 745 g/mol. The number of rotatable bonds is 10. The number of benzene rings is 3. The second kappa shape index (κ2) is 15.0. The number of amides is 3. The molecule has 3 aliphatic heterocycles. The van der Waals surface area contributed by atoms with Crippen LogP contribution in [0.2, 0.25) is 5.02 Å². The van der Waals surface area contributed by atoms with Crippen molar-refractivity contribution in [3.8, 4) is 5.75 Å². The van der Waals surface area contributed by atoms with Crippen LogP contribution in [0.15, 0.2) is 60.8 Å². The van der Waals surface area contributed by atoms with Gasteiger partial charge in [-0.25, -0.2) is 9.37 Å². The minimum atomic E-state index is -0.781. The Morgan fingerprint density at radius 1 is 1.02 bits per heavy atom. The largest absolute Gasteiger partial charge is 0.494 e. The van der Waals surface area contributed by atoms with E-state index in [1.807, 2.05) is 42.5 Å². The first kappa shape index (κ1) is 35.6. The normalized spacial score (nSPS) is 17.7. The number of halogens is 2. The van der Waals surface area contributed by atoms with Gasteiger partial charge in [-0.2, -0.15) is 4.98 Å². The highest BCUT2D eigenvalue weighted by Gasteiger charge is 2.40. The summed E-state index contributed by atoms with van der Waals surface area (Å²) < 4.78 is 21.0. The maximum Gasteiger partial charge on any atom is 0.258 e. The molecule has 2 fully saturated rings. The Hall–Kier alpha value is -4.84. The first-order valence-corrected chi connectivity index (χ1v) is 19.6. The number of fused-ring (bicyclic) bond motifs is 1. The molecule has 270 valence electrons. The summed E-state index contributed by atoms with van der Waals surface area (Å²) in [6.07, 6.45) is 1.95. The summed E-state index contributed by atoms with van der Waals surface area (Å²) in [6.45, 7) is 8.06. The molecule has 2 saturated heterocycles. The summed E-state index contributed by atoms with van der Waals surface area (Å²) in [4.78, 5) is 52.0. The number of imide groups is 1. The van der Waals surface area contributed by atoms with Gasteiger partial charge in [0, 0.05) is 63.1 Å². The number of piperidine rings is 1. The van der Waals surface area contributed by atoms with Gasteiger partial charge in [-0.1, -0.05) is 43.8 Å². The van der Waals surface area contributed by atoms with Crippen LogP contribution in [0.4, 0.5) is 33.2 Å². The maximum atomic E-state index is 15.3. The highest BCUT2D eigenvalue weighted by Crippen LogP contribution is 2.35. The van der Waals surface area contributed by atoms with E-state index >= 15 is 4.39 Å². The Morgan fingerprint density at radius 3 is 2.56 bits per heavy atom. The third kappa shape index (κ3) is 7.39. The van der Waals surface area contributed by atoms with E-state index in [1.54, 1.807) is 13.3 Å². The van der Waals surface area contributed by atoms with Gasteiger partial charge in [0.15, 0.2) is 5.82 Å². The van der Waals surface area contributed by atoms with Gasteiger partial charge in [-0.3, -0.25) is 24.6 Å². The molecule has 3 N–H and O–H groups in total. The number of piperazine rings is 1. The van der Waals surface area contributed by atoms with E-state index in [4.69, 9.17) is 16.3 Å². The minimum Gasteiger partial charge on any atom is -0.494 e. The molecule has 1 atom stereocenters. The van der Waals surface area contributed by atoms with Gasteiger partial charge in [0.2, 0.25) is 17.8 Å². The molecule has 3 aliphatic rings. The van der Waals surface area contributed by atoms with Gasteiger partial charge in [-0.15, -0.1) is 0 Å². The Kier molecular flexibility index (Phi) is 10.3. The lowest BCUT2D eigenvalue weighted by Gasteiger charge is -2.36. The van der Waals surface area contributed by atoms with Gasteiger partial charge >= 0.3 is 0 Å². The number of methoxy groups -OCH3 is 1. The fraction of sp³-hybridized carbons (Fsp3) is 0.324. The monoisotopic (exact) mass is 744 g/mol. The highest BCUT2D eigenvalue weighted by molar-refractivity contribution is 7.64. The SMILES string of the molecule is COc1cc(N2CCN(Cc3cc(F)c4c(c3)CN(C3CCC(=O)NC3=O)C4=O)CC2)ccc1Nc1ncc(Cl)c(Nc2ccccc2P(C)C)n1. The molecule has 0 radical (unpaired) electrons. The molecular formula is C37H39ClFN8O4P. The summed E-state index contributed by atoms with van der Waals surface area (Å²) in [5.74, 6) is -0.455. The number of carbonyl (C=O) groups excluding carboxylic acids is 3. The summed E-state index contributed by atoms with van der Waals surface area (Å²) in [7, 11) is 1.28. The zero-order chi connectivity index (χ0) is 36.5. The molecule has 0 saturated carbocycles. The third-order valence-electron chi connectivity index (χ3n) is 9.59. The predicted molar refractivity (Wildman–Crippen MR) is 201 cm³/mol. The van der Waals surface area contributed by atoms with Crippen molar-refractivity contribution in [3.05, 3.63) is 88.3 Å².